The summed E-state index contributed by atoms with van der Waals surface area (Å²) in [6.07, 6.45) is 4.90. The summed E-state index contributed by atoms with van der Waals surface area (Å²) in [5.41, 5.74) is 14.5. The third kappa shape index (κ3) is 5.67. The molecule has 0 atom stereocenters. The minimum atomic E-state index is -0.857. The SMILES string of the molecule is C=CC1=C(C)c2cc3[nH]c(cc4nc(cc5[nH]c(cc1n2)c(C)c5CCC(=O)O)C(CCC(=O)NCC)=C4C)c(C)c3C=C. The van der Waals surface area contributed by atoms with Crippen LogP contribution >= 0.6 is 0 Å². The summed E-state index contributed by atoms with van der Waals surface area (Å²) >= 11 is 0. The number of nitrogens with zero attached hydrogens (tertiary/aromatic N) is 2. The van der Waals surface area contributed by atoms with Gasteiger partial charge in [-0.1, -0.05) is 25.3 Å². The number of hydrogen-bond acceptors (Lipinski definition) is 4. The Labute approximate surface area is 257 Å². The maximum Gasteiger partial charge on any atom is 0.303 e. The van der Waals surface area contributed by atoms with Crippen molar-refractivity contribution in [3.63, 3.8) is 0 Å². The zero-order valence-electron chi connectivity index (χ0n) is 26.1. The summed E-state index contributed by atoms with van der Waals surface area (Å²) in [5, 5.41) is 12.4. The Balaban J connectivity index is 1.89. The molecule has 0 unspecified atom stereocenters. The van der Waals surface area contributed by atoms with Crippen molar-refractivity contribution in [1.29, 1.82) is 0 Å². The number of hydrogen-bond donors (Lipinski definition) is 4. The second-order valence-electron chi connectivity index (χ2n) is 11.3. The van der Waals surface area contributed by atoms with Crippen LogP contribution in [0.15, 0.2) is 43.5 Å². The Morgan fingerprint density at radius 2 is 1.41 bits per heavy atom. The Hall–Kier alpha value is -4.98. The molecule has 2 aliphatic rings. The van der Waals surface area contributed by atoms with Crippen LogP contribution in [0.1, 0.15) is 85.1 Å². The van der Waals surface area contributed by atoms with E-state index in [0.717, 1.165) is 89.4 Å². The van der Waals surface area contributed by atoms with Gasteiger partial charge in [0.25, 0.3) is 0 Å². The molecule has 8 bridgehead atoms. The van der Waals surface area contributed by atoms with Crippen LogP contribution in [0, 0.1) is 13.8 Å². The van der Waals surface area contributed by atoms with Crippen LogP contribution in [0.5, 0.6) is 0 Å². The minimum Gasteiger partial charge on any atom is -0.481 e. The van der Waals surface area contributed by atoms with Gasteiger partial charge in [-0.3, -0.25) is 9.59 Å². The lowest BCUT2D eigenvalue weighted by molar-refractivity contribution is -0.137. The Kier molecular flexibility index (Phi) is 8.54. The van der Waals surface area contributed by atoms with E-state index in [1.54, 1.807) is 0 Å². The van der Waals surface area contributed by atoms with Gasteiger partial charge >= 0.3 is 5.97 Å². The lowest BCUT2D eigenvalue weighted by Crippen LogP contribution is -2.22. The zero-order chi connectivity index (χ0) is 31.7. The summed E-state index contributed by atoms with van der Waals surface area (Å²) in [5.74, 6) is -0.868. The molecule has 4 N–H and O–H groups in total. The normalized spacial score (nSPS) is 12.9. The number of aromatic amines is 2. The van der Waals surface area contributed by atoms with Crippen molar-refractivity contribution in [3.8, 4) is 0 Å². The van der Waals surface area contributed by atoms with Crippen LogP contribution in [0.4, 0.5) is 0 Å². The predicted molar refractivity (Wildman–Crippen MR) is 180 cm³/mol. The van der Waals surface area contributed by atoms with E-state index in [9.17, 15) is 14.7 Å². The summed E-state index contributed by atoms with van der Waals surface area (Å²) in [4.78, 5) is 41.2. The maximum absolute atomic E-state index is 12.5. The third-order valence-corrected chi connectivity index (χ3v) is 8.61. The van der Waals surface area contributed by atoms with Gasteiger partial charge in [-0.25, -0.2) is 9.97 Å². The van der Waals surface area contributed by atoms with Gasteiger partial charge in [0, 0.05) is 52.6 Å². The highest BCUT2D eigenvalue weighted by atomic mass is 16.4. The lowest BCUT2D eigenvalue weighted by atomic mass is 10.00. The average molecular weight is 590 g/mol. The largest absolute Gasteiger partial charge is 0.481 e. The van der Waals surface area contributed by atoms with Crippen LogP contribution in [0.2, 0.25) is 0 Å². The first kappa shape index (κ1) is 30.5. The first-order valence-electron chi connectivity index (χ1n) is 15.0. The summed E-state index contributed by atoms with van der Waals surface area (Å²) in [6.45, 7) is 18.8. The number of H-pyrrole nitrogens is 2. The van der Waals surface area contributed by atoms with E-state index < -0.39 is 5.97 Å². The van der Waals surface area contributed by atoms with Gasteiger partial charge in [-0.2, -0.15) is 0 Å². The van der Waals surface area contributed by atoms with Gasteiger partial charge in [0.05, 0.1) is 22.8 Å². The number of carboxylic acids is 1. The van der Waals surface area contributed by atoms with Gasteiger partial charge in [-0.05, 0) is 105 Å². The molecule has 5 heterocycles. The van der Waals surface area contributed by atoms with E-state index in [0.29, 0.717) is 25.8 Å². The van der Waals surface area contributed by atoms with Crippen LogP contribution in [0.25, 0.3) is 50.4 Å². The molecule has 0 spiro atoms. The van der Waals surface area contributed by atoms with Crippen molar-refractivity contribution in [3.05, 3.63) is 88.5 Å². The number of carboxylic acid groups (broad SMARTS) is 1. The topological polar surface area (TPSA) is 124 Å². The van der Waals surface area contributed by atoms with Gasteiger partial charge in [0.1, 0.15) is 0 Å². The molecule has 0 fully saturated rings. The second kappa shape index (κ2) is 12.3. The van der Waals surface area contributed by atoms with E-state index in [1.165, 1.54) is 0 Å². The standard InChI is InChI=1S/C36H39N5O3/c1-8-23-19(4)27-15-28-21(6)25(11-13-35(42)37-10-3)33(40-28)18-34-26(12-14-36(43)44)22(7)30(41-34)17-32-24(9-2)20(5)29(39-32)16-31(23)38-27/h8-9,15-18,38,41H,1-2,10-14H2,3-7H3,(H,37,42)(H,43,44). The van der Waals surface area contributed by atoms with E-state index in [2.05, 4.69) is 35.4 Å². The molecule has 8 nitrogen and oxygen atoms in total. The highest BCUT2D eigenvalue weighted by molar-refractivity contribution is 5.98. The molecule has 0 aromatic carbocycles. The van der Waals surface area contributed by atoms with Crippen LogP contribution < -0.4 is 5.32 Å². The number of aliphatic carboxylic acids is 1. The number of rotatable bonds is 9. The van der Waals surface area contributed by atoms with Crippen molar-refractivity contribution in [2.45, 2.75) is 60.3 Å². The third-order valence-electron chi connectivity index (χ3n) is 8.61. The van der Waals surface area contributed by atoms with Crippen molar-refractivity contribution in [2.75, 3.05) is 6.54 Å². The number of allylic oxidation sites excluding steroid dienone is 5. The quantitative estimate of drug-likeness (QED) is 0.205. The fourth-order valence-electron chi connectivity index (χ4n) is 6.06. The molecular formula is C36H39N5O3. The molecule has 44 heavy (non-hydrogen) atoms. The number of aromatic nitrogens is 4. The molecule has 2 aliphatic heterocycles. The van der Waals surface area contributed by atoms with Gasteiger partial charge in [-0.15, -0.1) is 0 Å². The molecule has 0 saturated heterocycles. The van der Waals surface area contributed by atoms with Crippen LogP contribution in [0.3, 0.4) is 0 Å². The monoisotopic (exact) mass is 589 g/mol. The minimum absolute atomic E-state index is 0.000115. The summed E-state index contributed by atoms with van der Waals surface area (Å²) in [7, 11) is 0. The molecule has 0 aliphatic carbocycles. The summed E-state index contributed by atoms with van der Waals surface area (Å²) < 4.78 is 0. The highest BCUT2D eigenvalue weighted by Crippen LogP contribution is 2.36. The number of carbonyl (C=O) groups is 2. The van der Waals surface area contributed by atoms with Gasteiger partial charge in [0.2, 0.25) is 5.91 Å². The predicted octanol–water partition coefficient (Wildman–Crippen LogP) is 7.56. The fraction of sp³-hybridized carbons (Fsp3) is 0.278. The molecule has 226 valence electrons. The summed E-state index contributed by atoms with van der Waals surface area (Å²) in [6, 6.07) is 8.08. The van der Waals surface area contributed by atoms with E-state index in [-0.39, 0.29) is 12.3 Å². The Morgan fingerprint density at radius 1 is 0.795 bits per heavy atom. The number of amides is 1. The van der Waals surface area contributed by atoms with Crippen molar-refractivity contribution >= 4 is 62.3 Å². The number of aryl methyl sites for hydroxylation is 3. The molecule has 3 aromatic heterocycles. The second-order valence-corrected chi connectivity index (χ2v) is 11.3. The molecule has 1 amide bonds. The number of fused-ring (bicyclic) bond motifs is 8. The molecular weight excluding hydrogens is 550 g/mol. The van der Waals surface area contributed by atoms with E-state index >= 15 is 0 Å². The molecule has 5 rings (SSSR count). The first-order valence-corrected chi connectivity index (χ1v) is 15.0. The first-order chi connectivity index (χ1) is 21.1. The van der Waals surface area contributed by atoms with Crippen LogP contribution in [-0.4, -0.2) is 43.5 Å². The van der Waals surface area contributed by atoms with E-state index in [1.807, 2.05) is 64.1 Å². The smallest absolute Gasteiger partial charge is 0.303 e. The maximum atomic E-state index is 12.5. The number of nitrogens with one attached hydrogen (secondary N) is 3. The van der Waals surface area contributed by atoms with Gasteiger partial charge in [0.15, 0.2) is 0 Å². The fourth-order valence-corrected chi connectivity index (χ4v) is 6.06. The van der Waals surface area contributed by atoms with E-state index in [4.69, 9.17) is 9.97 Å². The van der Waals surface area contributed by atoms with Crippen LogP contribution in [-0.2, 0) is 16.0 Å². The number of carbonyl (C=O) groups excluding carboxylic acids is 1. The lowest BCUT2D eigenvalue weighted by Gasteiger charge is -2.05. The Bertz CT molecular complexity index is 1950. The van der Waals surface area contributed by atoms with Crippen molar-refractivity contribution in [2.24, 2.45) is 0 Å². The molecule has 0 saturated carbocycles. The zero-order valence-corrected chi connectivity index (χ0v) is 26.1. The Morgan fingerprint density at radius 3 is 2.09 bits per heavy atom. The van der Waals surface area contributed by atoms with Gasteiger partial charge < -0.3 is 20.4 Å². The molecule has 8 heteroatoms. The highest BCUT2D eigenvalue weighted by Gasteiger charge is 2.21. The average Bonchev–Trinajstić information content (AvgIpc) is 3.64. The molecule has 3 aromatic rings. The molecule has 0 radical (unpaired) electrons. The van der Waals surface area contributed by atoms with Crippen molar-refractivity contribution < 1.29 is 14.7 Å². The van der Waals surface area contributed by atoms with Crippen molar-refractivity contribution in [1.82, 2.24) is 25.3 Å².